The second-order valence-corrected chi connectivity index (χ2v) is 5.19. The summed E-state index contributed by atoms with van der Waals surface area (Å²) < 4.78 is 0. The molecular formula is C14H20N2. The number of hydrogen-bond acceptors (Lipinski definition) is 2. The van der Waals surface area contributed by atoms with E-state index in [0.717, 1.165) is 13.1 Å². The maximum atomic E-state index is 6.25. The Morgan fingerprint density at radius 3 is 2.25 bits per heavy atom. The molecule has 0 unspecified atom stereocenters. The number of nitrogens with zero attached hydrogens (tertiary/aromatic N) is 1. The van der Waals surface area contributed by atoms with Crippen molar-refractivity contribution in [3.63, 3.8) is 0 Å². The molecule has 0 aromatic heterocycles. The van der Waals surface area contributed by atoms with E-state index in [0.29, 0.717) is 12.1 Å². The van der Waals surface area contributed by atoms with Crippen molar-refractivity contribution in [3.8, 4) is 0 Å². The van der Waals surface area contributed by atoms with Gasteiger partial charge in [-0.1, -0.05) is 37.1 Å². The normalized spacial score (nSPS) is 30.3. The fraction of sp³-hybridized carbons (Fsp3) is 0.571. The Morgan fingerprint density at radius 1 is 1.00 bits per heavy atom. The molecule has 0 bridgehead atoms. The molecule has 2 nitrogen and oxygen atoms in total. The summed E-state index contributed by atoms with van der Waals surface area (Å²) in [6.07, 6.45) is 5.16. The van der Waals surface area contributed by atoms with Gasteiger partial charge in [0.25, 0.3) is 0 Å². The molecule has 0 saturated heterocycles. The van der Waals surface area contributed by atoms with Gasteiger partial charge in [0.1, 0.15) is 0 Å². The van der Waals surface area contributed by atoms with Crippen LogP contribution >= 0.6 is 0 Å². The van der Waals surface area contributed by atoms with Crippen LogP contribution in [-0.2, 0) is 13.1 Å². The lowest BCUT2D eigenvalue weighted by Crippen LogP contribution is -2.47. The van der Waals surface area contributed by atoms with E-state index in [4.69, 9.17) is 5.73 Å². The van der Waals surface area contributed by atoms with Crippen molar-refractivity contribution < 1.29 is 0 Å². The molecule has 1 fully saturated rings. The highest BCUT2D eigenvalue weighted by Gasteiger charge is 2.31. The highest BCUT2D eigenvalue weighted by atomic mass is 15.2. The SMILES string of the molecule is N[C@H]1CCCC[C@@H]1N1Cc2ccccc2C1. The van der Waals surface area contributed by atoms with E-state index >= 15 is 0 Å². The Hall–Kier alpha value is -0.860. The van der Waals surface area contributed by atoms with Crippen molar-refractivity contribution in [1.29, 1.82) is 0 Å². The number of rotatable bonds is 1. The quantitative estimate of drug-likeness (QED) is 0.780. The summed E-state index contributed by atoms with van der Waals surface area (Å²) in [5, 5.41) is 0. The molecule has 1 aromatic carbocycles. The minimum Gasteiger partial charge on any atom is -0.326 e. The van der Waals surface area contributed by atoms with Crippen LogP contribution in [0.5, 0.6) is 0 Å². The van der Waals surface area contributed by atoms with Crippen molar-refractivity contribution in [2.24, 2.45) is 5.73 Å². The van der Waals surface area contributed by atoms with E-state index in [1.165, 1.54) is 36.8 Å². The van der Waals surface area contributed by atoms with E-state index in [2.05, 4.69) is 29.2 Å². The second kappa shape index (κ2) is 4.19. The molecule has 1 heterocycles. The van der Waals surface area contributed by atoms with Crippen LogP contribution < -0.4 is 5.73 Å². The average molecular weight is 216 g/mol. The largest absolute Gasteiger partial charge is 0.326 e. The zero-order valence-electron chi connectivity index (χ0n) is 9.73. The standard InChI is InChI=1S/C14H20N2/c15-13-7-3-4-8-14(13)16-9-11-5-1-2-6-12(11)10-16/h1-2,5-6,13-14H,3-4,7-10,15H2/t13-,14-/m0/s1. The summed E-state index contributed by atoms with van der Waals surface area (Å²) >= 11 is 0. The van der Waals surface area contributed by atoms with Crippen LogP contribution in [0.15, 0.2) is 24.3 Å². The Morgan fingerprint density at radius 2 is 1.62 bits per heavy atom. The van der Waals surface area contributed by atoms with Crippen molar-refractivity contribution in [1.82, 2.24) is 4.90 Å². The number of hydrogen-bond donors (Lipinski definition) is 1. The fourth-order valence-electron chi connectivity index (χ4n) is 3.19. The molecule has 2 N–H and O–H groups in total. The minimum atomic E-state index is 0.392. The second-order valence-electron chi connectivity index (χ2n) is 5.19. The lowest BCUT2D eigenvalue weighted by molar-refractivity contribution is 0.137. The van der Waals surface area contributed by atoms with Crippen molar-refractivity contribution >= 4 is 0 Å². The number of nitrogens with two attached hydrogens (primary N) is 1. The molecule has 1 saturated carbocycles. The third-order valence-electron chi connectivity index (χ3n) is 4.12. The van der Waals surface area contributed by atoms with Crippen molar-refractivity contribution in [2.45, 2.75) is 50.9 Å². The molecule has 2 aliphatic rings. The van der Waals surface area contributed by atoms with E-state index in [1.807, 2.05) is 0 Å². The van der Waals surface area contributed by atoms with Gasteiger partial charge in [-0.3, -0.25) is 4.90 Å². The predicted molar refractivity (Wildman–Crippen MR) is 65.9 cm³/mol. The molecule has 86 valence electrons. The molecule has 0 spiro atoms. The summed E-state index contributed by atoms with van der Waals surface area (Å²) in [6.45, 7) is 2.21. The van der Waals surface area contributed by atoms with Gasteiger partial charge in [-0.05, 0) is 24.0 Å². The first kappa shape index (κ1) is 10.3. The first-order valence-electron chi connectivity index (χ1n) is 6.41. The first-order valence-corrected chi connectivity index (χ1v) is 6.41. The molecule has 2 atom stereocenters. The molecular weight excluding hydrogens is 196 g/mol. The van der Waals surface area contributed by atoms with Gasteiger partial charge in [-0.15, -0.1) is 0 Å². The van der Waals surface area contributed by atoms with Crippen LogP contribution in [0.2, 0.25) is 0 Å². The van der Waals surface area contributed by atoms with Crippen LogP contribution in [0.1, 0.15) is 36.8 Å². The molecule has 1 aromatic rings. The summed E-state index contributed by atoms with van der Waals surface area (Å²) in [5.41, 5.74) is 9.25. The molecule has 16 heavy (non-hydrogen) atoms. The van der Waals surface area contributed by atoms with Gasteiger partial charge >= 0.3 is 0 Å². The lowest BCUT2D eigenvalue weighted by atomic mass is 9.90. The van der Waals surface area contributed by atoms with Gasteiger partial charge in [0.15, 0.2) is 0 Å². The molecule has 0 radical (unpaired) electrons. The molecule has 1 aliphatic carbocycles. The summed E-state index contributed by atoms with van der Waals surface area (Å²) in [5.74, 6) is 0. The maximum absolute atomic E-state index is 6.25. The monoisotopic (exact) mass is 216 g/mol. The topological polar surface area (TPSA) is 29.3 Å². The first-order chi connectivity index (χ1) is 7.84. The van der Waals surface area contributed by atoms with E-state index < -0.39 is 0 Å². The molecule has 1 aliphatic heterocycles. The van der Waals surface area contributed by atoms with Crippen LogP contribution in [-0.4, -0.2) is 17.0 Å². The lowest BCUT2D eigenvalue weighted by Gasteiger charge is -2.35. The summed E-state index contributed by atoms with van der Waals surface area (Å²) in [7, 11) is 0. The van der Waals surface area contributed by atoms with Gasteiger partial charge in [-0.25, -0.2) is 0 Å². The third kappa shape index (κ3) is 1.76. The number of benzene rings is 1. The molecule has 0 amide bonds. The van der Waals surface area contributed by atoms with Crippen LogP contribution in [0.3, 0.4) is 0 Å². The Labute approximate surface area is 97.4 Å². The van der Waals surface area contributed by atoms with Gasteiger partial charge in [0.05, 0.1) is 0 Å². The smallest absolute Gasteiger partial charge is 0.0254 e. The van der Waals surface area contributed by atoms with E-state index in [-0.39, 0.29) is 0 Å². The van der Waals surface area contributed by atoms with Gasteiger partial charge in [-0.2, -0.15) is 0 Å². The molecule has 2 heteroatoms. The van der Waals surface area contributed by atoms with Crippen LogP contribution in [0.25, 0.3) is 0 Å². The van der Waals surface area contributed by atoms with Crippen molar-refractivity contribution in [2.75, 3.05) is 0 Å². The number of fused-ring (bicyclic) bond motifs is 1. The van der Waals surface area contributed by atoms with Crippen molar-refractivity contribution in [3.05, 3.63) is 35.4 Å². The highest BCUT2D eigenvalue weighted by Crippen LogP contribution is 2.30. The zero-order chi connectivity index (χ0) is 11.0. The Kier molecular flexibility index (Phi) is 2.70. The van der Waals surface area contributed by atoms with E-state index in [9.17, 15) is 0 Å². The predicted octanol–water partition coefficient (Wildman–Crippen LogP) is 2.27. The fourth-order valence-corrected chi connectivity index (χ4v) is 3.19. The molecule has 3 rings (SSSR count). The van der Waals surface area contributed by atoms with Crippen LogP contribution in [0, 0.1) is 0 Å². The maximum Gasteiger partial charge on any atom is 0.0254 e. The van der Waals surface area contributed by atoms with Gasteiger partial charge in [0, 0.05) is 25.2 Å². The van der Waals surface area contributed by atoms with E-state index in [1.54, 1.807) is 0 Å². The Balaban J connectivity index is 1.75. The van der Waals surface area contributed by atoms with Gasteiger partial charge in [0.2, 0.25) is 0 Å². The van der Waals surface area contributed by atoms with Gasteiger partial charge < -0.3 is 5.73 Å². The Bertz CT molecular complexity index is 350. The minimum absolute atomic E-state index is 0.392. The average Bonchev–Trinajstić information content (AvgIpc) is 2.73. The zero-order valence-corrected chi connectivity index (χ0v) is 9.73. The van der Waals surface area contributed by atoms with Crippen LogP contribution in [0.4, 0.5) is 0 Å². The third-order valence-corrected chi connectivity index (χ3v) is 4.12. The summed E-state index contributed by atoms with van der Waals surface area (Å²) in [6, 6.07) is 9.80. The summed E-state index contributed by atoms with van der Waals surface area (Å²) in [4.78, 5) is 2.58. The highest BCUT2D eigenvalue weighted by molar-refractivity contribution is 5.30.